The van der Waals surface area contributed by atoms with Gasteiger partial charge in [0.25, 0.3) is 0 Å². The van der Waals surface area contributed by atoms with Gasteiger partial charge >= 0.3 is 0 Å². The van der Waals surface area contributed by atoms with Gasteiger partial charge < -0.3 is 4.43 Å². The molecule has 0 N–H and O–H groups in total. The number of rotatable bonds is 8. The van der Waals surface area contributed by atoms with Crippen LogP contribution in [0.4, 0.5) is 0 Å². The predicted molar refractivity (Wildman–Crippen MR) is 115 cm³/mol. The standard InChI is InChI=1S/C22H30O2SSi/c1-7-18(4)22(16-17(2)3,21(23)20-14-11-15-25-20)24-26(5,6)19-12-9-8-10-13-19/h7-15,17H,16H2,1-6H3/b18-7+/t22-/m0/s1. The minimum absolute atomic E-state index is 0.0910. The summed E-state index contributed by atoms with van der Waals surface area (Å²) in [6.45, 7) is 12.7. The molecule has 0 aliphatic rings. The molecule has 0 aliphatic heterocycles. The number of allylic oxidation sites excluding steroid dienone is 1. The summed E-state index contributed by atoms with van der Waals surface area (Å²) in [5.74, 6) is 0.433. The first-order chi connectivity index (χ1) is 12.2. The molecule has 140 valence electrons. The van der Waals surface area contributed by atoms with Crippen molar-refractivity contribution in [3.05, 3.63) is 64.4 Å². The number of carbonyl (C=O) groups is 1. The first-order valence-electron chi connectivity index (χ1n) is 9.20. The van der Waals surface area contributed by atoms with E-state index in [9.17, 15) is 4.79 Å². The molecular formula is C22H30O2SSi. The molecule has 0 fully saturated rings. The highest BCUT2D eigenvalue weighted by molar-refractivity contribution is 7.12. The summed E-state index contributed by atoms with van der Waals surface area (Å²) >= 11 is 1.49. The van der Waals surface area contributed by atoms with E-state index in [1.807, 2.05) is 55.6 Å². The summed E-state index contributed by atoms with van der Waals surface area (Å²) in [5.41, 5.74) is 0.0976. The number of hydrogen-bond donors (Lipinski definition) is 0. The molecule has 0 amide bonds. The van der Waals surface area contributed by atoms with Gasteiger partial charge in [0.1, 0.15) is 5.60 Å². The molecule has 0 spiro atoms. The van der Waals surface area contributed by atoms with E-state index in [0.717, 1.165) is 10.5 Å². The lowest BCUT2D eigenvalue weighted by molar-refractivity contribution is 0.0486. The van der Waals surface area contributed by atoms with E-state index in [-0.39, 0.29) is 5.78 Å². The Hall–Kier alpha value is -1.49. The lowest BCUT2D eigenvalue weighted by Crippen LogP contribution is -2.56. The van der Waals surface area contributed by atoms with Crippen molar-refractivity contribution in [2.75, 3.05) is 0 Å². The predicted octanol–water partition coefficient (Wildman–Crippen LogP) is 5.81. The van der Waals surface area contributed by atoms with Crippen molar-refractivity contribution in [3.8, 4) is 0 Å². The van der Waals surface area contributed by atoms with E-state index < -0.39 is 13.9 Å². The molecular weight excluding hydrogens is 356 g/mol. The summed E-state index contributed by atoms with van der Waals surface area (Å²) in [4.78, 5) is 14.4. The van der Waals surface area contributed by atoms with Crippen LogP contribution in [0.15, 0.2) is 59.5 Å². The van der Waals surface area contributed by atoms with Gasteiger partial charge in [-0.2, -0.15) is 0 Å². The van der Waals surface area contributed by atoms with Gasteiger partial charge in [0.15, 0.2) is 0 Å². The normalized spacial score (nSPS) is 15.1. The van der Waals surface area contributed by atoms with E-state index in [1.54, 1.807) is 0 Å². The highest BCUT2D eigenvalue weighted by atomic mass is 32.1. The number of hydrogen-bond acceptors (Lipinski definition) is 3. The Morgan fingerprint density at radius 3 is 2.35 bits per heavy atom. The molecule has 1 heterocycles. The minimum Gasteiger partial charge on any atom is -0.397 e. The maximum atomic E-state index is 13.6. The van der Waals surface area contributed by atoms with Gasteiger partial charge in [-0.15, -0.1) is 11.3 Å². The number of Topliss-reactive ketones (excluding diaryl/α,β-unsaturated/α-hetero) is 1. The molecule has 4 heteroatoms. The molecule has 1 atom stereocenters. The van der Waals surface area contributed by atoms with E-state index in [1.165, 1.54) is 16.5 Å². The zero-order valence-electron chi connectivity index (χ0n) is 16.7. The minimum atomic E-state index is -2.29. The zero-order valence-corrected chi connectivity index (χ0v) is 18.5. The van der Waals surface area contributed by atoms with Crippen molar-refractivity contribution < 1.29 is 9.22 Å². The third kappa shape index (κ3) is 4.42. The van der Waals surface area contributed by atoms with Crippen LogP contribution in [-0.4, -0.2) is 19.7 Å². The second kappa shape index (κ2) is 8.46. The summed E-state index contributed by atoms with van der Waals surface area (Å²) in [6, 6.07) is 14.2. The Balaban J connectivity index is 2.56. The van der Waals surface area contributed by atoms with Crippen LogP contribution in [0.3, 0.4) is 0 Å². The van der Waals surface area contributed by atoms with Crippen LogP contribution in [0, 0.1) is 5.92 Å². The zero-order chi connectivity index (χ0) is 19.4. The van der Waals surface area contributed by atoms with Crippen LogP contribution in [0.1, 0.15) is 43.8 Å². The first-order valence-corrected chi connectivity index (χ1v) is 13.0. The Bertz CT molecular complexity index is 748. The average Bonchev–Trinajstić information content (AvgIpc) is 3.14. The largest absolute Gasteiger partial charge is 0.397 e. The van der Waals surface area contributed by atoms with Crippen molar-refractivity contribution >= 4 is 30.6 Å². The van der Waals surface area contributed by atoms with Crippen molar-refractivity contribution in [3.63, 3.8) is 0 Å². The smallest absolute Gasteiger partial charge is 0.220 e. The molecule has 2 aromatic rings. The maximum absolute atomic E-state index is 13.6. The molecule has 1 aromatic heterocycles. The van der Waals surface area contributed by atoms with Gasteiger partial charge in [-0.3, -0.25) is 4.79 Å². The highest BCUT2D eigenvalue weighted by Gasteiger charge is 2.47. The summed E-state index contributed by atoms with van der Waals surface area (Å²) in [7, 11) is -2.29. The van der Waals surface area contributed by atoms with Gasteiger partial charge in [0.2, 0.25) is 14.1 Å². The summed E-state index contributed by atoms with van der Waals surface area (Å²) < 4.78 is 6.89. The van der Waals surface area contributed by atoms with Gasteiger partial charge in [0, 0.05) is 0 Å². The van der Waals surface area contributed by atoms with E-state index in [4.69, 9.17) is 4.43 Å². The number of thiophene rings is 1. The third-order valence-corrected chi connectivity index (χ3v) is 8.23. The van der Waals surface area contributed by atoms with Gasteiger partial charge in [-0.05, 0) is 61.5 Å². The maximum Gasteiger partial charge on any atom is 0.220 e. The average molecular weight is 387 g/mol. The lowest BCUT2D eigenvalue weighted by atomic mass is 9.82. The van der Waals surface area contributed by atoms with Crippen LogP contribution in [-0.2, 0) is 4.43 Å². The molecule has 0 saturated heterocycles. The Kier molecular flexibility index (Phi) is 6.78. The molecule has 2 nitrogen and oxygen atoms in total. The van der Waals surface area contributed by atoms with Gasteiger partial charge in [-0.1, -0.05) is 56.3 Å². The number of carbonyl (C=O) groups excluding carboxylic acids is 1. The number of ketones is 1. The van der Waals surface area contributed by atoms with Crippen LogP contribution < -0.4 is 5.19 Å². The van der Waals surface area contributed by atoms with E-state index in [0.29, 0.717) is 12.3 Å². The lowest BCUT2D eigenvalue weighted by Gasteiger charge is -2.41. The van der Waals surface area contributed by atoms with Crippen LogP contribution in [0.2, 0.25) is 13.1 Å². The molecule has 0 saturated carbocycles. The van der Waals surface area contributed by atoms with Gasteiger partial charge in [0.05, 0.1) is 4.88 Å². The molecule has 0 radical (unpaired) electrons. The fraction of sp³-hybridized carbons (Fsp3) is 0.409. The van der Waals surface area contributed by atoms with Crippen molar-refractivity contribution in [1.82, 2.24) is 0 Å². The van der Waals surface area contributed by atoms with Crippen molar-refractivity contribution in [2.24, 2.45) is 5.92 Å². The third-order valence-electron chi connectivity index (χ3n) is 4.78. The second-order valence-corrected chi connectivity index (χ2v) is 12.4. The first kappa shape index (κ1) is 20.8. The SMILES string of the molecule is C/C=C(\C)[C@](CC(C)C)(O[Si](C)(C)c1ccccc1)C(=O)c1cccs1. The molecule has 2 rings (SSSR count). The van der Waals surface area contributed by atoms with E-state index in [2.05, 4.69) is 39.1 Å². The topological polar surface area (TPSA) is 26.3 Å². The quantitative estimate of drug-likeness (QED) is 0.325. The molecule has 0 bridgehead atoms. The molecule has 26 heavy (non-hydrogen) atoms. The van der Waals surface area contributed by atoms with Gasteiger partial charge in [-0.25, -0.2) is 0 Å². The fourth-order valence-corrected chi connectivity index (χ4v) is 6.40. The van der Waals surface area contributed by atoms with E-state index >= 15 is 0 Å². The molecule has 0 unspecified atom stereocenters. The Morgan fingerprint density at radius 2 is 1.85 bits per heavy atom. The Morgan fingerprint density at radius 1 is 1.19 bits per heavy atom. The fourth-order valence-electron chi connectivity index (χ4n) is 3.35. The van der Waals surface area contributed by atoms with Crippen molar-refractivity contribution in [1.29, 1.82) is 0 Å². The van der Waals surface area contributed by atoms with Crippen LogP contribution in [0.25, 0.3) is 0 Å². The number of benzene rings is 1. The molecule has 0 aliphatic carbocycles. The highest BCUT2D eigenvalue weighted by Crippen LogP contribution is 2.37. The second-order valence-electron chi connectivity index (χ2n) is 7.68. The summed E-state index contributed by atoms with van der Waals surface area (Å²) in [5, 5.41) is 3.16. The monoisotopic (exact) mass is 386 g/mol. The van der Waals surface area contributed by atoms with Crippen LogP contribution in [0.5, 0.6) is 0 Å². The van der Waals surface area contributed by atoms with Crippen LogP contribution >= 0.6 is 11.3 Å². The Labute approximate surface area is 163 Å². The summed E-state index contributed by atoms with van der Waals surface area (Å²) in [6.07, 6.45) is 2.71. The van der Waals surface area contributed by atoms with Crippen molar-refractivity contribution in [2.45, 2.75) is 52.8 Å². The molecule has 1 aromatic carbocycles.